The van der Waals surface area contributed by atoms with Gasteiger partial charge in [-0.05, 0) is 23.7 Å². The molecule has 1 rings (SSSR count). The van der Waals surface area contributed by atoms with Crippen molar-refractivity contribution >= 4 is 16.8 Å². The molecule has 7 heteroatoms. The summed E-state index contributed by atoms with van der Waals surface area (Å²) in [7, 11) is 1.10. The number of alkyl halides is 3. The lowest BCUT2D eigenvalue weighted by Crippen LogP contribution is -2.10. The van der Waals surface area contributed by atoms with Crippen molar-refractivity contribution in [2.45, 2.75) is 6.18 Å². The van der Waals surface area contributed by atoms with Crippen molar-refractivity contribution in [3.05, 3.63) is 28.8 Å². The fourth-order valence-electron chi connectivity index (χ4n) is 1.23. The molecule has 0 fully saturated rings. The molecule has 0 bridgehead atoms. The molecule has 0 amide bonds. The Morgan fingerprint density at radius 2 is 2.06 bits per heavy atom. The van der Waals surface area contributed by atoms with Crippen LogP contribution in [0.15, 0.2) is 12.1 Å². The first-order valence-corrected chi connectivity index (χ1v) is 4.58. The van der Waals surface area contributed by atoms with Crippen LogP contribution in [0.4, 0.5) is 13.2 Å². The standard InChI is InChI=1S/C10H5ClF3NO2/c1-17-8-3-5(9(11)16)2-7(6(8)4-15)10(12,13)14/h2-3H,1H3. The van der Waals surface area contributed by atoms with E-state index < -0.39 is 22.5 Å². The van der Waals surface area contributed by atoms with E-state index in [1.807, 2.05) is 0 Å². The van der Waals surface area contributed by atoms with Gasteiger partial charge in [0.25, 0.3) is 5.24 Å². The molecule has 0 unspecified atom stereocenters. The van der Waals surface area contributed by atoms with E-state index in [2.05, 4.69) is 4.74 Å². The second-order valence-electron chi connectivity index (χ2n) is 2.98. The van der Waals surface area contributed by atoms with E-state index in [1.165, 1.54) is 6.07 Å². The summed E-state index contributed by atoms with van der Waals surface area (Å²) in [6, 6.07) is 2.90. The van der Waals surface area contributed by atoms with Gasteiger partial charge in [0.15, 0.2) is 0 Å². The Morgan fingerprint density at radius 3 is 2.41 bits per heavy atom. The predicted octanol–water partition coefficient (Wildman–Crippen LogP) is 2.96. The van der Waals surface area contributed by atoms with Crippen LogP contribution in [0.1, 0.15) is 21.5 Å². The molecule has 0 atom stereocenters. The van der Waals surface area contributed by atoms with Crippen molar-refractivity contribution < 1.29 is 22.7 Å². The van der Waals surface area contributed by atoms with Gasteiger partial charge in [-0.1, -0.05) is 0 Å². The Kier molecular flexibility index (Phi) is 3.63. The number of nitriles is 1. The second-order valence-corrected chi connectivity index (χ2v) is 3.33. The molecule has 0 spiro atoms. The predicted molar refractivity (Wildman–Crippen MR) is 52.9 cm³/mol. The van der Waals surface area contributed by atoms with E-state index in [4.69, 9.17) is 16.9 Å². The summed E-state index contributed by atoms with van der Waals surface area (Å²) in [5, 5.41) is 7.62. The molecule has 17 heavy (non-hydrogen) atoms. The summed E-state index contributed by atoms with van der Waals surface area (Å²) in [5.74, 6) is -0.341. The molecule has 0 heterocycles. The van der Waals surface area contributed by atoms with Crippen LogP contribution in [-0.2, 0) is 6.18 Å². The fraction of sp³-hybridized carbons (Fsp3) is 0.200. The first kappa shape index (κ1) is 13.3. The minimum absolute atomic E-state index is 0.341. The zero-order chi connectivity index (χ0) is 13.2. The van der Waals surface area contributed by atoms with Gasteiger partial charge in [-0.2, -0.15) is 18.4 Å². The third-order valence-electron chi connectivity index (χ3n) is 1.97. The van der Waals surface area contributed by atoms with Gasteiger partial charge in [-0.15, -0.1) is 0 Å². The molecular formula is C10H5ClF3NO2. The molecule has 3 nitrogen and oxygen atoms in total. The van der Waals surface area contributed by atoms with Crippen molar-refractivity contribution in [3.63, 3.8) is 0 Å². The van der Waals surface area contributed by atoms with Gasteiger partial charge in [0.2, 0.25) is 0 Å². The van der Waals surface area contributed by atoms with Crippen LogP contribution in [0.2, 0.25) is 0 Å². The number of methoxy groups -OCH3 is 1. The van der Waals surface area contributed by atoms with E-state index in [0.717, 1.165) is 13.2 Å². The van der Waals surface area contributed by atoms with Gasteiger partial charge in [-0.3, -0.25) is 4.79 Å². The number of carbonyl (C=O) groups excluding carboxylic acids is 1. The zero-order valence-corrected chi connectivity index (χ0v) is 9.19. The molecule has 0 aliphatic heterocycles. The lowest BCUT2D eigenvalue weighted by Gasteiger charge is -2.12. The van der Waals surface area contributed by atoms with Gasteiger partial charge in [0, 0.05) is 5.56 Å². The summed E-state index contributed by atoms with van der Waals surface area (Å²) < 4.78 is 42.5. The summed E-state index contributed by atoms with van der Waals surface area (Å²) in [5.41, 5.74) is -2.31. The number of carbonyl (C=O) groups is 1. The average Bonchev–Trinajstić information content (AvgIpc) is 2.25. The van der Waals surface area contributed by atoms with Gasteiger partial charge in [-0.25, -0.2) is 0 Å². The number of rotatable bonds is 2. The Morgan fingerprint density at radius 1 is 1.47 bits per heavy atom. The Bertz CT molecular complexity index is 505. The number of benzene rings is 1. The Labute approximate surface area is 99.4 Å². The van der Waals surface area contributed by atoms with Gasteiger partial charge in [0.1, 0.15) is 17.4 Å². The lowest BCUT2D eigenvalue weighted by atomic mass is 10.0. The highest BCUT2D eigenvalue weighted by molar-refractivity contribution is 6.67. The van der Waals surface area contributed by atoms with Gasteiger partial charge in [0.05, 0.1) is 12.7 Å². The number of nitrogens with zero attached hydrogens (tertiary/aromatic N) is 1. The number of hydrogen-bond donors (Lipinski definition) is 0. The SMILES string of the molecule is COc1cc(C(=O)Cl)cc(C(F)(F)F)c1C#N. The van der Waals surface area contributed by atoms with Gasteiger partial charge < -0.3 is 4.74 Å². The molecular weight excluding hydrogens is 259 g/mol. The van der Waals surface area contributed by atoms with Crippen LogP contribution in [0.5, 0.6) is 5.75 Å². The van der Waals surface area contributed by atoms with E-state index in [0.29, 0.717) is 6.07 Å². The van der Waals surface area contributed by atoms with E-state index >= 15 is 0 Å². The molecule has 1 aromatic rings. The monoisotopic (exact) mass is 263 g/mol. The molecule has 0 aromatic heterocycles. The van der Waals surface area contributed by atoms with Crippen molar-refractivity contribution in [1.29, 1.82) is 5.26 Å². The minimum Gasteiger partial charge on any atom is -0.495 e. The van der Waals surface area contributed by atoms with Crippen LogP contribution in [0.3, 0.4) is 0 Å². The number of halogens is 4. The molecule has 0 N–H and O–H groups in total. The summed E-state index contributed by atoms with van der Waals surface area (Å²) in [6.07, 6.45) is -4.76. The van der Waals surface area contributed by atoms with Crippen molar-refractivity contribution in [2.24, 2.45) is 0 Å². The number of hydrogen-bond acceptors (Lipinski definition) is 3. The summed E-state index contributed by atoms with van der Waals surface area (Å²) >= 11 is 5.10. The van der Waals surface area contributed by atoms with E-state index in [9.17, 15) is 18.0 Å². The van der Waals surface area contributed by atoms with Crippen LogP contribution in [0, 0.1) is 11.3 Å². The smallest absolute Gasteiger partial charge is 0.417 e. The summed E-state index contributed by atoms with van der Waals surface area (Å²) in [4.78, 5) is 10.9. The van der Waals surface area contributed by atoms with Crippen LogP contribution >= 0.6 is 11.6 Å². The van der Waals surface area contributed by atoms with Crippen LogP contribution < -0.4 is 4.74 Å². The maximum absolute atomic E-state index is 12.6. The normalized spacial score (nSPS) is 10.8. The second kappa shape index (κ2) is 4.63. The number of ether oxygens (including phenoxy) is 1. The Hall–Kier alpha value is -1.74. The molecule has 0 radical (unpaired) electrons. The van der Waals surface area contributed by atoms with Gasteiger partial charge >= 0.3 is 6.18 Å². The highest BCUT2D eigenvalue weighted by Crippen LogP contribution is 2.36. The van der Waals surface area contributed by atoms with E-state index in [1.54, 1.807) is 0 Å². The maximum Gasteiger partial charge on any atom is 0.417 e. The van der Waals surface area contributed by atoms with Crippen LogP contribution in [-0.4, -0.2) is 12.4 Å². The third kappa shape index (κ3) is 2.68. The molecule has 0 aliphatic carbocycles. The topological polar surface area (TPSA) is 50.1 Å². The van der Waals surface area contributed by atoms with E-state index in [-0.39, 0.29) is 11.3 Å². The first-order chi connectivity index (χ1) is 7.81. The lowest BCUT2D eigenvalue weighted by molar-refractivity contribution is -0.137. The summed E-state index contributed by atoms with van der Waals surface area (Å²) in [6.45, 7) is 0. The Balaban J connectivity index is 3.61. The van der Waals surface area contributed by atoms with Crippen LogP contribution in [0.25, 0.3) is 0 Å². The van der Waals surface area contributed by atoms with Crippen molar-refractivity contribution in [3.8, 4) is 11.8 Å². The van der Waals surface area contributed by atoms with Crippen molar-refractivity contribution in [2.75, 3.05) is 7.11 Å². The first-order valence-electron chi connectivity index (χ1n) is 4.20. The molecule has 0 saturated carbocycles. The molecule has 1 aromatic carbocycles. The highest BCUT2D eigenvalue weighted by Gasteiger charge is 2.36. The highest BCUT2D eigenvalue weighted by atomic mass is 35.5. The molecule has 0 aliphatic rings. The van der Waals surface area contributed by atoms with Crippen molar-refractivity contribution in [1.82, 2.24) is 0 Å². The zero-order valence-electron chi connectivity index (χ0n) is 8.43. The average molecular weight is 264 g/mol. The maximum atomic E-state index is 12.6. The molecule has 0 saturated heterocycles. The molecule has 90 valence electrons. The fourth-order valence-corrected chi connectivity index (χ4v) is 1.34. The minimum atomic E-state index is -4.76. The quantitative estimate of drug-likeness (QED) is 0.771. The largest absolute Gasteiger partial charge is 0.495 e. The third-order valence-corrected chi connectivity index (χ3v) is 2.18.